The molecule has 0 saturated heterocycles. The molecule has 0 radical (unpaired) electrons. The second-order valence-corrected chi connectivity index (χ2v) is 7.06. The van der Waals surface area contributed by atoms with E-state index in [0.717, 1.165) is 10.0 Å². The topological polar surface area (TPSA) is 72.9 Å². The maximum atomic E-state index is 13.2. The van der Waals surface area contributed by atoms with Crippen LogP contribution < -0.4 is 4.90 Å². The quantitative estimate of drug-likeness (QED) is 0.512. The van der Waals surface area contributed by atoms with E-state index in [2.05, 4.69) is 15.9 Å². The number of rotatable bonds is 4. The van der Waals surface area contributed by atoms with Crippen molar-refractivity contribution in [1.82, 2.24) is 0 Å². The van der Waals surface area contributed by atoms with E-state index in [1.54, 1.807) is 37.3 Å². The Morgan fingerprint density at radius 3 is 2.17 bits per heavy atom. The van der Waals surface area contributed by atoms with Gasteiger partial charge in [-0.25, -0.2) is 9.59 Å². The van der Waals surface area contributed by atoms with E-state index in [9.17, 15) is 14.4 Å². The van der Waals surface area contributed by atoms with E-state index >= 15 is 0 Å². The van der Waals surface area contributed by atoms with Gasteiger partial charge in [0, 0.05) is 15.9 Å². The Labute approximate surface area is 176 Å². The molecule has 7 heteroatoms. The molecule has 6 nitrogen and oxygen atoms in total. The third-order valence-electron chi connectivity index (χ3n) is 4.54. The number of benzene rings is 2. The number of ether oxygens (including phenoxy) is 2. The highest BCUT2D eigenvalue weighted by Crippen LogP contribution is 2.36. The van der Waals surface area contributed by atoms with Crippen molar-refractivity contribution in [2.24, 2.45) is 0 Å². The van der Waals surface area contributed by atoms with Gasteiger partial charge in [0.1, 0.15) is 0 Å². The molecule has 0 atom stereocenters. The molecule has 1 amide bonds. The van der Waals surface area contributed by atoms with E-state index < -0.39 is 11.9 Å². The van der Waals surface area contributed by atoms with Crippen LogP contribution in [0.3, 0.4) is 0 Å². The number of methoxy groups -OCH3 is 2. The molecule has 1 heterocycles. The summed E-state index contributed by atoms with van der Waals surface area (Å²) < 4.78 is 10.4. The van der Waals surface area contributed by atoms with Crippen molar-refractivity contribution in [2.75, 3.05) is 19.1 Å². The third-order valence-corrected chi connectivity index (χ3v) is 5.26. The Morgan fingerprint density at radius 1 is 0.966 bits per heavy atom. The first kappa shape index (κ1) is 20.5. The lowest BCUT2D eigenvalue weighted by molar-refractivity contribution is -0.136. The lowest BCUT2D eigenvalue weighted by Gasteiger charge is -2.18. The fraction of sp³-hybridized carbons (Fsp3) is 0.136. The van der Waals surface area contributed by atoms with Crippen molar-refractivity contribution in [1.29, 1.82) is 0 Å². The van der Waals surface area contributed by atoms with Crippen LogP contribution in [0.2, 0.25) is 0 Å². The number of nitrogens with zero attached hydrogens (tertiary/aromatic N) is 1. The highest BCUT2D eigenvalue weighted by atomic mass is 79.9. The molecule has 1 aliphatic heterocycles. The lowest BCUT2D eigenvalue weighted by atomic mass is 10.0. The standard InChI is InChI=1S/C22H18BrNO5/c1-13-19(22(27)29-3)17(12-15-6-4-5-7-18(15)23)20(25)24(13)16-10-8-14(9-11-16)21(26)28-2/h4-12H,1-3H3/b17-12-. The molecule has 0 saturated carbocycles. The SMILES string of the molecule is COC(=O)C1=C(C)N(c2ccc(C(=O)OC)cc2)C(=O)/C1=C\c1ccccc1Br. The summed E-state index contributed by atoms with van der Waals surface area (Å²) >= 11 is 3.46. The Bertz CT molecular complexity index is 1050. The third kappa shape index (κ3) is 3.86. The van der Waals surface area contributed by atoms with E-state index in [-0.39, 0.29) is 17.1 Å². The summed E-state index contributed by atoms with van der Waals surface area (Å²) in [6.07, 6.45) is 1.66. The van der Waals surface area contributed by atoms with Gasteiger partial charge in [-0.3, -0.25) is 9.69 Å². The molecule has 0 aromatic heterocycles. The summed E-state index contributed by atoms with van der Waals surface area (Å²) in [6, 6.07) is 13.8. The molecule has 0 fully saturated rings. The van der Waals surface area contributed by atoms with Crippen molar-refractivity contribution in [3.63, 3.8) is 0 Å². The normalized spacial score (nSPS) is 15.1. The van der Waals surface area contributed by atoms with E-state index in [1.165, 1.54) is 19.1 Å². The monoisotopic (exact) mass is 455 g/mol. The molecule has 0 bridgehead atoms. The maximum Gasteiger partial charge on any atom is 0.340 e. The van der Waals surface area contributed by atoms with Crippen LogP contribution in [-0.4, -0.2) is 32.1 Å². The fourth-order valence-corrected chi connectivity index (χ4v) is 3.50. The van der Waals surface area contributed by atoms with Crippen LogP contribution in [0.25, 0.3) is 6.08 Å². The van der Waals surface area contributed by atoms with Crippen molar-refractivity contribution in [3.05, 3.63) is 81.0 Å². The maximum absolute atomic E-state index is 13.2. The summed E-state index contributed by atoms with van der Waals surface area (Å²) in [6.45, 7) is 1.68. The number of hydrogen-bond donors (Lipinski definition) is 0. The number of carbonyl (C=O) groups is 3. The number of esters is 2. The zero-order valence-corrected chi connectivity index (χ0v) is 17.6. The van der Waals surface area contributed by atoms with Gasteiger partial charge in [-0.1, -0.05) is 34.1 Å². The molecule has 2 aromatic rings. The molecule has 0 spiro atoms. The fourth-order valence-electron chi connectivity index (χ4n) is 3.10. The first-order valence-corrected chi connectivity index (χ1v) is 9.47. The van der Waals surface area contributed by atoms with Gasteiger partial charge in [0.05, 0.1) is 30.9 Å². The second-order valence-electron chi connectivity index (χ2n) is 6.21. The molecular weight excluding hydrogens is 438 g/mol. The molecule has 1 aliphatic rings. The average molecular weight is 456 g/mol. The van der Waals surface area contributed by atoms with Crippen LogP contribution >= 0.6 is 15.9 Å². The number of allylic oxidation sites excluding steroid dienone is 1. The minimum absolute atomic E-state index is 0.199. The van der Waals surface area contributed by atoms with Crippen molar-refractivity contribution >= 4 is 45.5 Å². The number of amides is 1. The number of anilines is 1. The first-order valence-electron chi connectivity index (χ1n) is 8.67. The van der Waals surface area contributed by atoms with E-state index in [4.69, 9.17) is 9.47 Å². The molecule has 148 valence electrons. The van der Waals surface area contributed by atoms with Crippen molar-refractivity contribution in [3.8, 4) is 0 Å². The van der Waals surface area contributed by atoms with Gasteiger partial charge in [-0.15, -0.1) is 0 Å². The molecule has 3 rings (SSSR count). The van der Waals surface area contributed by atoms with Crippen LogP contribution in [0.5, 0.6) is 0 Å². The minimum Gasteiger partial charge on any atom is -0.465 e. The molecular formula is C22H18BrNO5. The molecule has 29 heavy (non-hydrogen) atoms. The number of carbonyl (C=O) groups excluding carboxylic acids is 3. The van der Waals surface area contributed by atoms with Crippen molar-refractivity contribution in [2.45, 2.75) is 6.92 Å². The van der Waals surface area contributed by atoms with Gasteiger partial charge >= 0.3 is 11.9 Å². The zero-order valence-electron chi connectivity index (χ0n) is 16.1. The van der Waals surface area contributed by atoms with Gasteiger partial charge < -0.3 is 9.47 Å². The van der Waals surface area contributed by atoms with Crippen molar-refractivity contribution < 1.29 is 23.9 Å². The smallest absolute Gasteiger partial charge is 0.340 e. The Hall–Kier alpha value is -3.19. The Morgan fingerprint density at radius 2 is 1.59 bits per heavy atom. The number of hydrogen-bond acceptors (Lipinski definition) is 5. The van der Waals surface area contributed by atoms with Crippen LogP contribution in [0.1, 0.15) is 22.8 Å². The minimum atomic E-state index is -0.595. The van der Waals surface area contributed by atoms with Gasteiger partial charge in [0.2, 0.25) is 0 Å². The molecule has 0 unspecified atom stereocenters. The average Bonchev–Trinajstić information content (AvgIpc) is 2.98. The van der Waals surface area contributed by atoms with Crippen LogP contribution in [0, 0.1) is 0 Å². The Balaban J connectivity index is 2.09. The zero-order chi connectivity index (χ0) is 21.1. The lowest BCUT2D eigenvalue weighted by Crippen LogP contribution is -2.24. The van der Waals surface area contributed by atoms with Gasteiger partial charge in [0.15, 0.2) is 0 Å². The van der Waals surface area contributed by atoms with Crippen LogP contribution in [0.4, 0.5) is 5.69 Å². The molecule has 0 aliphatic carbocycles. The van der Waals surface area contributed by atoms with Gasteiger partial charge in [-0.2, -0.15) is 0 Å². The van der Waals surface area contributed by atoms with Gasteiger partial charge in [-0.05, 0) is 48.9 Å². The summed E-state index contributed by atoms with van der Waals surface area (Å²) in [5, 5.41) is 0. The largest absolute Gasteiger partial charge is 0.465 e. The van der Waals surface area contributed by atoms with E-state index in [0.29, 0.717) is 16.9 Å². The summed E-state index contributed by atoms with van der Waals surface area (Å²) in [4.78, 5) is 38.8. The Kier molecular flexibility index (Phi) is 5.98. The van der Waals surface area contributed by atoms with Crippen LogP contribution in [0.15, 0.2) is 69.8 Å². The second kappa shape index (κ2) is 8.45. The predicted molar refractivity (Wildman–Crippen MR) is 112 cm³/mol. The molecule has 0 N–H and O–H groups in total. The first-order chi connectivity index (χ1) is 13.9. The van der Waals surface area contributed by atoms with Gasteiger partial charge in [0.25, 0.3) is 5.91 Å². The predicted octanol–water partition coefficient (Wildman–Crippen LogP) is 4.11. The highest BCUT2D eigenvalue weighted by molar-refractivity contribution is 9.10. The van der Waals surface area contributed by atoms with E-state index in [1.807, 2.05) is 24.3 Å². The summed E-state index contributed by atoms with van der Waals surface area (Å²) in [5.74, 6) is -1.42. The highest BCUT2D eigenvalue weighted by Gasteiger charge is 2.38. The summed E-state index contributed by atoms with van der Waals surface area (Å²) in [5.41, 5.74) is 2.53. The van der Waals surface area contributed by atoms with Crippen LogP contribution in [-0.2, 0) is 19.1 Å². The summed E-state index contributed by atoms with van der Waals surface area (Å²) in [7, 11) is 2.57. The number of halogens is 1. The molecule has 2 aromatic carbocycles.